The van der Waals surface area contributed by atoms with Crippen molar-refractivity contribution in [2.24, 2.45) is 11.8 Å². The van der Waals surface area contributed by atoms with Gasteiger partial charge in [-0.1, -0.05) is 62.2 Å². The normalized spacial score (nSPS) is 19.1. The predicted octanol–water partition coefficient (Wildman–Crippen LogP) is 6.14. The van der Waals surface area contributed by atoms with Crippen molar-refractivity contribution >= 4 is 27.6 Å². The molecule has 1 heterocycles. The summed E-state index contributed by atoms with van der Waals surface area (Å²) in [5, 5.41) is 2.71. The van der Waals surface area contributed by atoms with Gasteiger partial charge in [0.1, 0.15) is 0 Å². The van der Waals surface area contributed by atoms with E-state index in [1.165, 1.54) is 60.0 Å². The van der Waals surface area contributed by atoms with Crippen LogP contribution in [0.5, 0.6) is 0 Å². The lowest BCUT2D eigenvalue weighted by Crippen LogP contribution is -1.98. The summed E-state index contributed by atoms with van der Waals surface area (Å²) in [6, 6.07) is 17.4. The van der Waals surface area contributed by atoms with E-state index >= 15 is 0 Å². The van der Waals surface area contributed by atoms with E-state index in [1.54, 1.807) is 0 Å². The summed E-state index contributed by atoms with van der Waals surface area (Å²) in [4.78, 5) is 11.5. The Morgan fingerprint density at radius 1 is 0.962 bits per heavy atom. The Hall–Kier alpha value is -2.35. The molecule has 1 aromatic heterocycles. The lowest BCUT2D eigenvalue weighted by Gasteiger charge is -2.07. The molecule has 0 saturated heterocycles. The molecule has 26 heavy (non-hydrogen) atoms. The van der Waals surface area contributed by atoms with Crippen molar-refractivity contribution < 1.29 is 4.79 Å². The lowest BCUT2D eigenvalue weighted by molar-refractivity contribution is -0.116. The zero-order valence-corrected chi connectivity index (χ0v) is 15.4. The first kappa shape index (κ1) is 17.1. The summed E-state index contributed by atoms with van der Waals surface area (Å²) in [6.45, 7) is 4.67. The SMILES string of the molecule is C=CC(=O)[C@@H]1C[C@H]1CCCCCCn1c2ccccc2c2ccccc21. The standard InChI is InChI=1S/C24H27NO/c1-2-24(26)21-17-18(21)11-5-3-4-10-16-25-22-14-8-6-12-19(22)20-13-7-9-15-23(20)25/h2,6-9,12-15,18,21H,1,3-5,10-11,16-17H2/t18-,21-/m1/s1. The molecule has 2 atom stereocenters. The molecule has 2 aromatic carbocycles. The van der Waals surface area contributed by atoms with Crippen LogP contribution in [0, 0.1) is 11.8 Å². The number of fused-ring (bicyclic) bond motifs is 3. The monoisotopic (exact) mass is 345 g/mol. The van der Waals surface area contributed by atoms with Crippen LogP contribution in [-0.4, -0.2) is 10.4 Å². The second-order valence-corrected chi connectivity index (χ2v) is 7.60. The van der Waals surface area contributed by atoms with Gasteiger partial charge < -0.3 is 4.57 Å². The van der Waals surface area contributed by atoms with E-state index < -0.39 is 0 Å². The zero-order valence-electron chi connectivity index (χ0n) is 15.4. The van der Waals surface area contributed by atoms with E-state index in [-0.39, 0.29) is 5.78 Å². The molecule has 0 unspecified atom stereocenters. The molecule has 1 fully saturated rings. The summed E-state index contributed by atoms with van der Waals surface area (Å²) in [7, 11) is 0. The highest BCUT2D eigenvalue weighted by atomic mass is 16.1. The Bertz CT molecular complexity index is 882. The molecule has 2 nitrogen and oxygen atoms in total. The molecular formula is C24H27NO. The molecule has 1 aliphatic carbocycles. The summed E-state index contributed by atoms with van der Waals surface area (Å²) in [5.41, 5.74) is 2.69. The summed E-state index contributed by atoms with van der Waals surface area (Å²) in [5.74, 6) is 1.18. The average Bonchev–Trinajstić information content (AvgIpc) is 3.40. The third kappa shape index (κ3) is 3.33. The minimum atomic E-state index is 0.251. The third-order valence-corrected chi connectivity index (χ3v) is 5.88. The van der Waals surface area contributed by atoms with E-state index in [0.717, 1.165) is 13.0 Å². The van der Waals surface area contributed by atoms with Crippen molar-refractivity contribution in [2.75, 3.05) is 0 Å². The molecule has 3 aromatic rings. The second-order valence-electron chi connectivity index (χ2n) is 7.60. The molecule has 0 spiro atoms. The van der Waals surface area contributed by atoms with Crippen molar-refractivity contribution in [3.8, 4) is 0 Å². The maximum Gasteiger partial charge on any atom is 0.158 e. The molecule has 4 rings (SSSR count). The Kier molecular flexibility index (Phi) is 4.92. The van der Waals surface area contributed by atoms with Gasteiger partial charge in [-0.3, -0.25) is 4.79 Å². The van der Waals surface area contributed by atoms with Gasteiger partial charge in [-0.2, -0.15) is 0 Å². The van der Waals surface area contributed by atoms with Crippen LogP contribution in [0.2, 0.25) is 0 Å². The van der Waals surface area contributed by atoms with E-state index in [2.05, 4.69) is 59.7 Å². The Balaban J connectivity index is 1.30. The molecular weight excluding hydrogens is 318 g/mol. The maximum absolute atomic E-state index is 11.5. The molecule has 0 radical (unpaired) electrons. The number of hydrogen-bond acceptors (Lipinski definition) is 1. The number of hydrogen-bond donors (Lipinski definition) is 0. The van der Waals surface area contributed by atoms with E-state index in [0.29, 0.717) is 11.8 Å². The van der Waals surface area contributed by atoms with Gasteiger partial charge in [0, 0.05) is 34.3 Å². The summed E-state index contributed by atoms with van der Waals surface area (Å²) < 4.78 is 2.48. The number of unbranched alkanes of at least 4 members (excludes halogenated alkanes) is 3. The quantitative estimate of drug-likeness (QED) is 0.337. The van der Waals surface area contributed by atoms with Crippen molar-refractivity contribution in [1.29, 1.82) is 0 Å². The molecule has 2 heteroatoms. The molecule has 1 saturated carbocycles. The second kappa shape index (κ2) is 7.49. The predicted molar refractivity (Wildman–Crippen MR) is 109 cm³/mol. The van der Waals surface area contributed by atoms with Gasteiger partial charge in [0.2, 0.25) is 0 Å². The fourth-order valence-corrected chi connectivity index (χ4v) is 4.34. The largest absolute Gasteiger partial charge is 0.340 e. The minimum absolute atomic E-state index is 0.251. The molecule has 0 aliphatic heterocycles. The number of ketones is 1. The Morgan fingerprint density at radius 2 is 1.58 bits per heavy atom. The number of carbonyl (C=O) groups excluding carboxylic acids is 1. The van der Waals surface area contributed by atoms with Crippen molar-refractivity contribution in [1.82, 2.24) is 4.57 Å². The molecule has 1 aliphatic rings. The van der Waals surface area contributed by atoms with Crippen LogP contribution in [0.4, 0.5) is 0 Å². The van der Waals surface area contributed by atoms with Crippen LogP contribution < -0.4 is 0 Å². The van der Waals surface area contributed by atoms with Crippen molar-refractivity contribution in [3.63, 3.8) is 0 Å². The van der Waals surface area contributed by atoms with Crippen molar-refractivity contribution in [2.45, 2.75) is 45.1 Å². The van der Waals surface area contributed by atoms with Crippen LogP contribution in [0.3, 0.4) is 0 Å². The fraction of sp³-hybridized carbons (Fsp3) is 0.375. The van der Waals surface area contributed by atoms with Crippen LogP contribution in [0.1, 0.15) is 38.5 Å². The van der Waals surface area contributed by atoms with Crippen LogP contribution >= 0.6 is 0 Å². The van der Waals surface area contributed by atoms with Crippen molar-refractivity contribution in [3.05, 3.63) is 61.2 Å². The Labute approximate surface area is 155 Å². The minimum Gasteiger partial charge on any atom is -0.340 e. The smallest absolute Gasteiger partial charge is 0.158 e. The van der Waals surface area contributed by atoms with Gasteiger partial charge in [0.25, 0.3) is 0 Å². The van der Waals surface area contributed by atoms with E-state index in [4.69, 9.17) is 0 Å². The highest BCUT2D eigenvalue weighted by Crippen LogP contribution is 2.43. The molecule has 134 valence electrons. The zero-order chi connectivity index (χ0) is 17.9. The Morgan fingerprint density at radius 3 is 2.23 bits per heavy atom. The van der Waals surface area contributed by atoms with Gasteiger partial charge in [-0.15, -0.1) is 0 Å². The summed E-state index contributed by atoms with van der Waals surface area (Å²) in [6.07, 6.45) is 8.78. The lowest BCUT2D eigenvalue weighted by atomic mass is 10.1. The summed E-state index contributed by atoms with van der Waals surface area (Å²) >= 11 is 0. The molecule has 0 amide bonds. The first-order chi connectivity index (χ1) is 12.8. The first-order valence-electron chi connectivity index (χ1n) is 9.92. The van der Waals surface area contributed by atoms with Crippen LogP contribution in [0.25, 0.3) is 21.8 Å². The fourth-order valence-electron chi connectivity index (χ4n) is 4.34. The number of nitrogens with zero attached hydrogens (tertiary/aromatic N) is 1. The number of allylic oxidation sites excluding steroid dienone is 1. The van der Waals surface area contributed by atoms with Crippen LogP contribution in [-0.2, 0) is 11.3 Å². The highest BCUT2D eigenvalue weighted by molar-refractivity contribution is 6.07. The number of aromatic nitrogens is 1. The first-order valence-corrected chi connectivity index (χ1v) is 9.92. The average molecular weight is 345 g/mol. The number of para-hydroxylation sites is 2. The highest BCUT2D eigenvalue weighted by Gasteiger charge is 2.40. The van der Waals surface area contributed by atoms with Gasteiger partial charge in [-0.25, -0.2) is 0 Å². The van der Waals surface area contributed by atoms with Gasteiger partial charge in [0.15, 0.2) is 5.78 Å². The third-order valence-electron chi connectivity index (χ3n) is 5.88. The topological polar surface area (TPSA) is 22.0 Å². The van der Waals surface area contributed by atoms with Gasteiger partial charge in [-0.05, 0) is 43.4 Å². The van der Waals surface area contributed by atoms with Gasteiger partial charge in [0.05, 0.1) is 0 Å². The number of rotatable bonds is 9. The molecule has 0 N–H and O–H groups in total. The molecule has 0 bridgehead atoms. The van der Waals surface area contributed by atoms with Gasteiger partial charge >= 0.3 is 0 Å². The van der Waals surface area contributed by atoms with E-state index in [9.17, 15) is 4.79 Å². The van der Waals surface area contributed by atoms with Crippen LogP contribution in [0.15, 0.2) is 61.2 Å². The number of carbonyl (C=O) groups is 1. The number of aryl methyl sites for hydroxylation is 1. The van der Waals surface area contributed by atoms with E-state index in [1.807, 2.05) is 0 Å². The number of benzene rings is 2. The maximum atomic E-state index is 11.5.